The monoisotopic (exact) mass is 664 g/mol. The van der Waals surface area contributed by atoms with Crippen LogP contribution in [0.4, 0.5) is 0 Å². The number of nitrogens with zero attached hydrogens (tertiary/aromatic N) is 2. The molecule has 0 spiro atoms. The molecule has 4 rings (SSSR count). The molecule has 11 heteroatoms. The van der Waals surface area contributed by atoms with E-state index in [4.69, 9.17) is 14.2 Å². The minimum atomic E-state index is -0.809. The van der Waals surface area contributed by atoms with Crippen molar-refractivity contribution in [2.45, 2.75) is 32.9 Å². The van der Waals surface area contributed by atoms with E-state index in [2.05, 4.69) is 36.9 Å². The number of carbonyl (C=O) groups excluding carboxylic acids is 1. The topological polar surface area (TPSA) is 99.4 Å². The molecule has 2 heterocycles. The zero-order valence-corrected chi connectivity index (χ0v) is 25.1. The first kappa shape index (κ1) is 28.3. The fourth-order valence-corrected chi connectivity index (χ4v) is 6.33. The van der Waals surface area contributed by atoms with Gasteiger partial charge in [-0.1, -0.05) is 29.5 Å². The number of rotatable bonds is 8. The number of methoxy groups -OCH3 is 1. The molecule has 0 saturated heterocycles. The van der Waals surface area contributed by atoms with Gasteiger partial charge < -0.3 is 19.3 Å². The molecular weight excluding hydrogens is 640 g/mol. The highest BCUT2D eigenvalue weighted by atomic mass is 79.9. The third-order valence-electron chi connectivity index (χ3n) is 5.68. The number of hydrogen-bond acceptors (Lipinski definition) is 8. The van der Waals surface area contributed by atoms with Crippen LogP contribution >= 0.6 is 43.2 Å². The standard InChI is InChI=1S/C27H26Br2N2O6S/c1-14(2)37-20-8-6-5-7-17(20)23-22(26(34)36-10-9-35-4)15(3)30-27-31(23)25(33)21(38-27)13-16-11-18(28)24(32)19(29)12-16/h5-8,11-14,23,32H,9-10H2,1-4H3/b21-13+/t23-/m1/s1. The minimum Gasteiger partial charge on any atom is -0.506 e. The van der Waals surface area contributed by atoms with Crippen LogP contribution in [0, 0.1) is 0 Å². The van der Waals surface area contributed by atoms with Crippen molar-refractivity contribution in [1.29, 1.82) is 0 Å². The van der Waals surface area contributed by atoms with E-state index >= 15 is 0 Å². The van der Waals surface area contributed by atoms with Gasteiger partial charge in [0, 0.05) is 12.7 Å². The van der Waals surface area contributed by atoms with Crippen molar-refractivity contribution in [2.75, 3.05) is 20.3 Å². The van der Waals surface area contributed by atoms with Crippen LogP contribution in [0.15, 0.2) is 66.4 Å². The average molecular weight is 666 g/mol. The van der Waals surface area contributed by atoms with E-state index in [-0.39, 0.29) is 36.2 Å². The van der Waals surface area contributed by atoms with E-state index in [1.54, 1.807) is 25.1 Å². The Labute approximate surface area is 240 Å². The molecule has 0 aliphatic carbocycles. The predicted octanol–water partition coefficient (Wildman–Crippen LogP) is 4.44. The number of carbonyl (C=O) groups is 1. The number of halogens is 2. The summed E-state index contributed by atoms with van der Waals surface area (Å²) in [6, 6.07) is 9.97. The molecule has 0 bridgehead atoms. The van der Waals surface area contributed by atoms with E-state index in [1.807, 2.05) is 38.1 Å². The van der Waals surface area contributed by atoms with Crippen molar-refractivity contribution in [2.24, 2.45) is 4.99 Å². The molecule has 1 atom stereocenters. The van der Waals surface area contributed by atoms with Gasteiger partial charge in [0.15, 0.2) is 4.80 Å². The van der Waals surface area contributed by atoms with Crippen LogP contribution in [-0.2, 0) is 14.3 Å². The maximum atomic E-state index is 13.9. The number of hydrogen-bond donors (Lipinski definition) is 1. The van der Waals surface area contributed by atoms with Crippen molar-refractivity contribution >= 4 is 55.2 Å². The highest BCUT2D eigenvalue weighted by Gasteiger charge is 2.35. The highest BCUT2D eigenvalue weighted by Crippen LogP contribution is 2.36. The molecule has 1 aliphatic rings. The van der Waals surface area contributed by atoms with Crippen LogP contribution in [0.2, 0.25) is 0 Å². The van der Waals surface area contributed by atoms with E-state index in [1.165, 1.54) is 23.0 Å². The Balaban J connectivity index is 1.94. The van der Waals surface area contributed by atoms with Crippen LogP contribution in [0.1, 0.15) is 37.9 Å². The van der Waals surface area contributed by atoms with Crippen LogP contribution in [-0.4, -0.2) is 42.1 Å². The number of aromatic hydroxyl groups is 1. The van der Waals surface area contributed by atoms with Crippen LogP contribution in [0.3, 0.4) is 0 Å². The van der Waals surface area contributed by atoms with Gasteiger partial charge in [-0.2, -0.15) is 0 Å². The van der Waals surface area contributed by atoms with Gasteiger partial charge in [-0.15, -0.1) is 0 Å². The molecule has 0 unspecified atom stereocenters. The molecule has 3 aromatic rings. The van der Waals surface area contributed by atoms with Crippen LogP contribution < -0.4 is 19.6 Å². The summed E-state index contributed by atoms with van der Waals surface area (Å²) in [7, 11) is 1.52. The van der Waals surface area contributed by atoms with E-state index in [0.29, 0.717) is 40.9 Å². The van der Waals surface area contributed by atoms with Gasteiger partial charge in [0.1, 0.15) is 24.1 Å². The number of benzene rings is 2. The van der Waals surface area contributed by atoms with E-state index in [0.717, 1.165) is 0 Å². The maximum Gasteiger partial charge on any atom is 0.338 e. The van der Waals surface area contributed by atoms with Gasteiger partial charge in [-0.05, 0) is 82.5 Å². The second kappa shape index (κ2) is 12.0. The Bertz CT molecular complexity index is 1570. The number of allylic oxidation sites excluding steroid dienone is 1. The molecule has 2 aromatic carbocycles. The van der Waals surface area contributed by atoms with Crippen molar-refractivity contribution in [3.05, 3.63) is 87.4 Å². The van der Waals surface area contributed by atoms with Gasteiger partial charge in [0.05, 0.1) is 37.5 Å². The van der Waals surface area contributed by atoms with Gasteiger partial charge in [-0.3, -0.25) is 9.36 Å². The summed E-state index contributed by atoms with van der Waals surface area (Å²) in [4.78, 5) is 32.3. The first-order valence-electron chi connectivity index (χ1n) is 11.7. The van der Waals surface area contributed by atoms with E-state index < -0.39 is 12.0 Å². The summed E-state index contributed by atoms with van der Waals surface area (Å²) in [6.45, 7) is 5.87. The number of para-hydroxylation sites is 1. The van der Waals surface area contributed by atoms with Gasteiger partial charge in [0.25, 0.3) is 5.56 Å². The molecule has 0 amide bonds. The Hall–Kier alpha value is -2.73. The quantitative estimate of drug-likeness (QED) is 0.282. The third-order valence-corrected chi connectivity index (χ3v) is 7.87. The molecule has 38 heavy (non-hydrogen) atoms. The first-order valence-corrected chi connectivity index (χ1v) is 14.1. The van der Waals surface area contributed by atoms with Gasteiger partial charge >= 0.3 is 5.97 Å². The molecule has 0 fully saturated rings. The predicted molar refractivity (Wildman–Crippen MR) is 152 cm³/mol. The Morgan fingerprint density at radius 3 is 2.55 bits per heavy atom. The summed E-state index contributed by atoms with van der Waals surface area (Å²) < 4.78 is 19.5. The summed E-state index contributed by atoms with van der Waals surface area (Å²) in [5.41, 5.74) is 1.75. The molecule has 200 valence electrons. The summed E-state index contributed by atoms with van der Waals surface area (Å²) in [5.74, 6) is 0.0521. The lowest BCUT2D eigenvalue weighted by Gasteiger charge is -2.27. The normalized spacial score (nSPS) is 15.4. The summed E-state index contributed by atoms with van der Waals surface area (Å²) >= 11 is 7.88. The van der Waals surface area contributed by atoms with Gasteiger partial charge in [-0.25, -0.2) is 9.79 Å². The Morgan fingerprint density at radius 1 is 1.21 bits per heavy atom. The minimum absolute atomic E-state index is 0.0672. The Kier molecular flexibility index (Phi) is 8.92. The fourth-order valence-electron chi connectivity index (χ4n) is 4.06. The van der Waals surface area contributed by atoms with Crippen molar-refractivity contribution in [3.63, 3.8) is 0 Å². The molecule has 8 nitrogen and oxygen atoms in total. The second-order valence-electron chi connectivity index (χ2n) is 8.75. The number of aromatic nitrogens is 1. The smallest absolute Gasteiger partial charge is 0.338 e. The van der Waals surface area contributed by atoms with Crippen LogP contribution in [0.25, 0.3) is 6.08 Å². The number of ether oxygens (including phenoxy) is 3. The number of thiazole rings is 1. The number of fused-ring (bicyclic) bond motifs is 1. The SMILES string of the molecule is COCCOC(=O)C1=C(C)N=c2s/c(=C/c3cc(Br)c(O)c(Br)c3)c(=O)n2[C@@H]1c1ccccc1OC(C)C. The van der Waals surface area contributed by atoms with Crippen molar-refractivity contribution in [1.82, 2.24) is 4.57 Å². The van der Waals surface area contributed by atoms with Gasteiger partial charge in [0.2, 0.25) is 0 Å². The highest BCUT2D eigenvalue weighted by molar-refractivity contribution is 9.11. The number of phenols is 1. The number of phenolic OH excluding ortho intramolecular Hbond substituents is 1. The molecule has 1 aromatic heterocycles. The zero-order chi connectivity index (χ0) is 27.6. The lowest BCUT2D eigenvalue weighted by molar-refractivity contribution is -0.140. The van der Waals surface area contributed by atoms with Crippen molar-refractivity contribution < 1.29 is 24.1 Å². The zero-order valence-electron chi connectivity index (χ0n) is 21.2. The molecular formula is C27H26Br2N2O6S. The fraction of sp³-hybridized carbons (Fsp3) is 0.296. The first-order chi connectivity index (χ1) is 18.1. The molecule has 0 radical (unpaired) electrons. The van der Waals surface area contributed by atoms with Crippen LogP contribution in [0.5, 0.6) is 11.5 Å². The van der Waals surface area contributed by atoms with E-state index in [9.17, 15) is 14.7 Å². The lowest BCUT2D eigenvalue weighted by atomic mass is 9.95. The second-order valence-corrected chi connectivity index (χ2v) is 11.5. The van der Waals surface area contributed by atoms with Crippen molar-refractivity contribution in [3.8, 4) is 11.5 Å². The maximum absolute atomic E-state index is 13.9. The molecule has 1 aliphatic heterocycles. The number of esters is 1. The summed E-state index contributed by atoms with van der Waals surface area (Å²) in [5, 5.41) is 10.1. The largest absolute Gasteiger partial charge is 0.506 e. The summed E-state index contributed by atoms with van der Waals surface area (Å²) in [6.07, 6.45) is 1.60. The average Bonchev–Trinajstić information content (AvgIpc) is 3.16. The third kappa shape index (κ3) is 5.80. The molecule has 1 N–H and O–H groups in total. The molecule has 0 saturated carbocycles. The lowest BCUT2D eigenvalue weighted by Crippen LogP contribution is -2.40. The Morgan fingerprint density at radius 2 is 1.89 bits per heavy atom.